The standard InChI is InChI=1S/C25H30N6O5S/c1-4-5-13-30-21-22(27-24(30)29-12-8-9-17(26)14-29)28(2)25(34)31(23(21)33)15-19(32)18-10-6-7-11-20(18)36-16-37(3)35/h6-7,10-11,17H,8-9,12-16,26H2,1-3H3. The minimum atomic E-state index is -1.23. The lowest BCUT2D eigenvalue weighted by molar-refractivity contribution is 0.0965. The fourth-order valence-electron chi connectivity index (χ4n) is 4.44. The molecule has 196 valence electrons. The maximum atomic E-state index is 13.7. The van der Waals surface area contributed by atoms with Gasteiger partial charge in [-0.25, -0.2) is 4.79 Å². The summed E-state index contributed by atoms with van der Waals surface area (Å²) >= 11 is 0. The second-order valence-electron chi connectivity index (χ2n) is 8.93. The van der Waals surface area contributed by atoms with E-state index in [4.69, 9.17) is 10.5 Å². The van der Waals surface area contributed by atoms with Gasteiger partial charge in [-0.2, -0.15) is 4.98 Å². The number of hydrogen-bond donors (Lipinski definition) is 1. The molecule has 2 N–H and O–H groups in total. The summed E-state index contributed by atoms with van der Waals surface area (Å²) in [5.41, 5.74) is 5.50. The van der Waals surface area contributed by atoms with Crippen LogP contribution >= 0.6 is 0 Å². The van der Waals surface area contributed by atoms with Crippen LogP contribution in [0.15, 0.2) is 33.9 Å². The number of rotatable bonds is 8. The molecule has 0 bridgehead atoms. The number of aryl methyl sites for hydroxylation is 1. The summed E-state index contributed by atoms with van der Waals surface area (Å²) in [6.45, 7) is 2.70. The van der Waals surface area contributed by atoms with Crippen molar-refractivity contribution >= 4 is 33.7 Å². The molecular formula is C25H30N6O5S. The Morgan fingerprint density at radius 1 is 1.27 bits per heavy atom. The van der Waals surface area contributed by atoms with Crippen molar-refractivity contribution in [2.75, 3.05) is 30.2 Å². The van der Waals surface area contributed by atoms with Gasteiger partial charge in [-0.3, -0.25) is 27.5 Å². The Hall–Kier alpha value is -3.69. The van der Waals surface area contributed by atoms with Crippen molar-refractivity contribution in [2.24, 2.45) is 12.8 Å². The zero-order valence-electron chi connectivity index (χ0n) is 21.1. The van der Waals surface area contributed by atoms with Gasteiger partial charge in [0, 0.05) is 32.4 Å². The van der Waals surface area contributed by atoms with E-state index in [1.807, 2.05) is 4.90 Å². The first-order valence-electron chi connectivity index (χ1n) is 11.9. The molecule has 3 heterocycles. The zero-order valence-corrected chi connectivity index (χ0v) is 21.9. The number of para-hydroxylation sites is 1. The highest BCUT2D eigenvalue weighted by atomic mass is 32.2. The Morgan fingerprint density at radius 3 is 2.73 bits per heavy atom. The van der Waals surface area contributed by atoms with E-state index in [0.29, 0.717) is 12.5 Å². The van der Waals surface area contributed by atoms with Gasteiger partial charge in [-0.05, 0) is 31.9 Å². The largest absolute Gasteiger partial charge is 0.480 e. The minimum absolute atomic E-state index is 0.0233. The molecule has 0 saturated carbocycles. The van der Waals surface area contributed by atoms with Crippen molar-refractivity contribution < 1.29 is 13.7 Å². The predicted molar refractivity (Wildman–Crippen MR) is 142 cm³/mol. The first kappa shape index (κ1) is 26.4. The summed E-state index contributed by atoms with van der Waals surface area (Å²) in [5.74, 6) is 6.01. The topological polar surface area (TPSA) is 134 Å². The number of ketones is 1. The van der Waals surface area contributed by atoms with Crippen LogP contribution < -0.4 is 26.6 Å². The number of ether oxygens (including phenoxy) is 1. The van der Waals surface area contributed by atoms with Gasteiger partial charge in [-0.1, -0.05) is 18.1 Å². The number of benzene rings is 1. The third kappa shape index (κ3) is 5.38. The zero-order chi connectivity index (χ0) is 26.7. The van der Waals surface area contributed by atoms with Crippen LogP contribution in [0, 0.1) is 11.8 Å². The molecule has 2 aromatic heterocycles. The smallest absolute Gasteiger partial charge is 0.332 e. The molecule has 0 aliphatic carbocycles. The number of hydrogen-bond acceptors (Lipinski definition) is 8. The molecule has 1 aliphatic heterocycles. The first-order valence-corrected chi connectivity index (χ1v) is 13.6. The third-order valence-electron chi connectivity index (χ3n) is 6.24. The Balaban J connectivity index is 1.81. The fourth-order valence-corrected chi connectivity index (χ4v) is 4.73. The highest BCUT2D eigenvalue weighted by Crippen LogP contribution is 2.23. The normalized spacial score (nSPS) is 16.3. The second-order valence-corrected chi connectivity index (χ2v) is 10.3. The Morgan fingerprint density at radius 2 is 2.03 bits per heavy atom. The van der Waals surface area contributed by atoms with E-state index in [0.717, 1.165) is 24.0 Å². The molecule has 0 amide bonds. The highest BCUT2D eigenvalue weighted by Gasteiger charge is 2.27. The summed E-state index contributed by atoms with van der Waals surface area (Å²) in [6.07, 6.45) is 3.27. The molecular weight excluding hydrogens is 496 g/mol. The summed E-state index contributed by atoms with van der Waals surface area (Å²) in [6, 6.07) is 6.44. The highest BCUT2D eigenvalue weighted by molar-refractivity contribution is 7.84. The minimum Gasteiger partial charge on any atom is -0.480 e. The summed E-state index contributed by atoms with van der Waals surface area (Å²) in [5, 5.41) is 0. The van der Waals surface area contributed by atoms with E-state index in [2.05, 4.69) is 16.8 Å². The molecule has 3 aromatic rings. The number of fused-ring (bicyclic) bond motifs is 1. The molecule has 11 nitrogen and oxygen atoms in total. The van der Waals surface area contributed by atoms with Crippen LogP contribution in [-0.4, -0.2) is 60.0 Å². The fraction of sp³-hybridized carbons (Fsp3) is 0.440. The number of anilines is 1. The van der Waals surface area contributed by atoms with Crippen LogP contribution in [0.3, 0.4) is 0 Å². The number of aromatic nitrogens is 4. The van der Waals surface area contributed by atoms with Crippen molar-refractivity contribution in [3.05, 3.63) is 50.7 Å². The van der Waals surface area contributed by atoms with Gasteiger partial charge in [-0.15, -0.1) is 5.92 Å². The van der Waals surface area contributed by atoms with Crippen LogP contribution in [0.25, 0.3) is 11.2 Å². The number of Topliss-reactive ketones (excluding diaryl/α,β-unsaturated/α-hetero) is 1. The third-order valence-corrected chi connectivity index (χ3v) is 6.69. The number of nitrogens with two attached hydrogens (primary N) is 1. The second kappa shape index (κ2) is 11.1. The number of piperidine rings is 1. The average Bonchev–Trinajstić information content (AvgIpc) is 3.27. The predicted octanol–water partition coefficient (Wildman–Crippen LogP) is 0.445. The van der Waals surface area contributed by atoms with Crippen LogP contribution in [0.1, 0.15) is 30.1 Å². The van der Waals surface area contributed by atoms with Crippen molar-refractivity contribution in [3.63, 3.8) is 0 Å². The Labute approximate surface area is 216 Å². The molecule has 0 spiro atoms. The van der Waals surface area contributed by atoms with Crippen molar-refractivity contribution in [2.45, 2.75) is 38.9 Å². The first-order chi connectivity index (χ1) is 17.7. The van der Waals surface area contributed by atoms with Gasteiger partial charge in [0.05, 0.1) is 29.5 Å². The van der Waals surface area contributed by atoms with Crippen LogP contribution in [0.4, 0.5) is 5.95 Å². The van der Waals surface area contributed by atoms with E-state index >= 15 is 0 Å². The SMILES string of the molecule is CC#CCn1c(N2CCCC(N)C2)nc2c1c(=O)n(CC(=O)c1ccccc1OCS(C)=O)c(=O)n2C. The Bertz CT molecular complexity index is 1540. The maximum absolute atomic E-state index is 13.7. The summed E-state index contributed by atoms with van der Waals surface area (Å²) in [4.78, 5) is 46.8. The number of carbonyl (C=O) groups excluding carboxylic acids is 1. The van der Waals surface area contributed by atoms with Gasteiger partial charge in [0.2, 0.25) is 5.95 Å². The van der Waals surface area contributed by atoms with E-state index in [-0.39, 0.29) is 41.0 Å². The monoisotopic (exact) mass is 526 g/mol. The molecule has 4 rings (SSSR count). The molecule has 1 saturated heterocycles. The number of nitrogens with zero attached hydrogens (tertiary/aromatic N) is 5. The molecule has 2 atom stereocenters. The van der Waals surface area contributed by atoms with Crippen molar-refractivity contribution in [1.82, 2.24) is 18.7 Å². The van der Waals surface area contributed by atoms with Crippen LogP contribution in [0.2, 0.25) is 0 Å². The molecule has 1 aromatic carbocycles. The van der Waals surface area contributed by atoms with Gasteiger partial charge < -0.3 is 15.4 Å². The van der Waals surface area contributed by atoms with E-state index in [9.17, 15) is 18.6 Å². The average molecular weight is 527 g/mol. The lowest BCUT2D eigenvalue weighted by Gasteiger charge is -2.31. The van der Waals surface area contributed by atoms with E-state index < -0.39 is 34.4 Å². The number of carbonyl (C=O) groups is 1. The molecule has 1 fully saturated rings. The molecule has 12 heteroatoms. The summed E-state index contributed by atoms with van der Waals surface area (Å²) < 4.78 is 20.9. The summed E-state index contributed by atoms with van der Waals surface area (Å²) in [7, 11) is 0.287. The molecule has 37 heavy (non-hydrogen) atoms. The van der Waals surface area contributed by atoms with Crippen LogP contribution in [0.5, 0.6) is 5.75 Å². The quantitative estimate of drug-likeness (QED) is 0.330. The van der Waals surface area contributed by atoms with Crippen LogP contribution in [-0.2, 0) is 30.9 Å². The molecule has 1 aliphatic rings. The molecule has 2 unspecified atom stereocenters. The number of imidazole rings is 1. The van der Waals surface area contributed by atoms with Gasteiger partial charge in [0.1, 0.15) is 5.75 Å². The van der Waals surface area contributed by atoms with Gasteiger partial charge in [0.25, 0.3) is 5.56 Å². The lowest BCUT2D eigenvalue weighted by Crippen LogP contribution is -2.44. The van der Waals surface area contributed by atoms with Crippen molar-refractivity contribution in [3.8, 4) is 17.6 Å². The lowest BCUT2D eigenvalue weighted by atomic mass is 10.1. The van der Waals surface area contributed by atoms with E-state index in [1.54, 1.807) is 35.8 Å². The van der Waals surface area contributed by atoms with Gasteiger partial charge in [0.15, 0.2) is 22.9 Å². The van der Waals surface area contributed by atoms with E-state index in [1.165, 1.54) is 17.9 Å². The molecule has 0 radical (unpaired) electrons. The van der Waals surface area contributed by atoms with Crippen molar-refractivity contribution in [1.29, 1.82) is 0 Å². The Kier molecular flexibility index (Phi) is 7.94. The van der Waals surface area contributed by atoms with Gasteiger partial charge >= 0.3 is 5.69 Å². The maximum Gasteiger partial charge on any atom is 0.332 e.